The van der Waals surface area contributed by atoms with Crippen LogP contribution in [-0.2, 0) is 10.0 Å². The molecule has 1 aromatic rings. The van der Waals surface area contributed by atoms with Crippen molar-refractivity contribution in [2.75, 3.05) is 38.5 Å². The van der Waals surface area contributed by atoms with Gasteiger partial charge in [-0.25, -0.2) is 13.1 Å². The molecule has 0 saturated carbocycles. The fraction of sp³-hybridized carbons (Fsp3) is 0.571. The molecule has 2 N–H and O–H groups in total. The largest absolute Gasteiger partial charge is 0.387 e. The van der Waals surface area contributed by atoms with Gasteiger partial charge in [0.2, 0.25) is 10.0 Å². The molecule has 1 aromatic carbocycles. The van der Waals surface area contributed by atoms with Gasteiger partial charge in [-0.3, -0.25) is 10.1 Å². The van der Waals surface area contributed by atoms with Crippen LogP contribution in [-0.4, -0.2) is 51.5 Å². The van der Waals surface area contributed by atoms with Crippen molar-refractivity contribution in [3.63, 3.8) is 0 Å². The van der Waals surface area contributed by atoms with E-state index < -0.39 is 14.9 Å². The second-order valence-corrected chi connectivity index (χ2v) is 6.70. The third-order valence-electron chi connectivity index (χ3n) is 3.57. The van der Waals surface area contributed by atoms with Gasteiger partial charge in [-0.15, -0.1) is 12.4 Å². The molecule has 138 valence electrons. The molecule has 0 amide bonds. The number of nitrogens with zero attached hydrogens (tertiary/aromatic N) is 2. The predicted octanol–water partition coefficient (Wildman–Crippen LogP) is 2.07. The summed E-state index contributed by atoms with van der Waals surface area (Å²) in [6.07, 6.45) is 0.671. The standard InChI is InChI=1S/C14H24N4O4S.ClH/c1-4-17(5-2)10-6-9-16-23(21,22)14-11-12(18(19)20)7-8-13(14)15-3;/h7-8,11,15-16H,4-6,9-10H2,1-3H3;1H. The fourth-order valence-electron chi connectivity index (χ4n) is 2.18. The summed E-state index contributed by atoms with van der Waals surface area (Å²) >= 11 is 0. The number of benzene rings is 1. The molecule has 0 fully saturated rings. The Morgan fingerprint density at radius 1 is 1.25 bits per heavy atom. The fourth-order valence-corrected chi connectivity index (χ4v) is 3.48. The molecular formula is C14H25ClN4O4S. The smallest absolute Gasteiger partial charge is 0.270 e. The van der Waals surface area contributed by atoms with Crippen LogP contribution in [0.4, 0.5) is 11.4 Å². The van der Waals surface area contributed by atoms with Crippen LogP contribution in [0.1, 0.15) is 20.3 Å². The van der Waals surface area contributed by atoms with Gasteiger partial charge < -0.3 is 10.2 Å². The Morgan fingerprint density at radius 2 is 1.88 bits per heavy atom. The van der Waals surface area contributed by atoms with Crippen LogP contribution in [0.3, 0.4) is 0 Å². The first kappa shape index (κ1) is 22.6. The Kier molecular flexibility index (Phi) is 9.83. The molecule has 0 aromatic heterocycles. The van der Waals surface area contributed by atoms with E-state index in [0.717, 1.165) is 25.7 Å². The normalized spacial score (nSPS) is 11.2. The second kappa shape index (κ2) is 10.4. The van der Waals surface area contributed by atoms with E-state index in [0.29, 0.717) is 12.1 Å². The molecule has 0 aliphatic heterocycles. The zero-order chi connectivity index (χ0) is 17.5. The zero-order valence-electron chi connectivity index (χ0n) is 14.1. The molecule has 0 heterocycles. The van der Waals surface area contributed by atoms with Gasteiger partial charge in [-0.05, 0) is 32.1 Å². The number of sulfonamides is 1. The van der Waals surface area contributed by atoms with Gasteiger partial charge in [0.05, 0.1) is 10.6 Å². The topological polar surface area (TPSA) is 105 Å². The van der Waals surface area contributed by atoms with Crippen LogP contribution in [0.5, 0.6) is 0 Å². The molecule has 0 unspecified atom stereocenters. The van der Waals surface area contributed by atoms with E-state index in [-0.39, 0.29) is 29.5 Å². The SMILES string of the molecule is CCN(CC)CCCNS(=O)(=O)c1cc([N+](=O)[O-])ccc1NC.Cl. The van der Waals surface area contributed by atoms with Crippen molar-refractivity contribution in [1.82, 2.24) is 9.62 Å². The maximum absolute atomic E-state index is 12.4. The summed E-state index contributed by atoms with van der Waals surface area (Å²) in [5.41, 5.74) is 0.0689. The summed E-state index contributed by atoms with van der Waals surface area (Å²) < 4.78 is 27.3. The molecule has 24 heavy (non-hydrogen) atoms. The summed E-state index contributed by atoms with van der Waals surface area (Å²) in [6, 6.07) is 3.73. The highest BCUT2D eigenvalue weighted by atomic mass is 35.5. The zero-order valence-corrected chi connectivity index (χ0v) is 15.7. The van der Waals surface area contributed by atoms with E-state index in [4.69, 9.17) is 0 Å². The van der Waals surface area contributed by atoms with Gasteiger partial charge in [0, 0.05) is 25.7 Å². The number of rotatable bonds is 10. The summed E-state index contributed by atoms with van der Waals surface area (Å²) in [5.74, 6) is 0. The maximum Gasteiger partial charge on any atom is 0.270 e. The van der Waals surface area contributed by atoms with Crippen molar-refractivity contribution in [1.29, 1.82) is 0 Å². The average molecular weight is 381 g/mol. The summed E-state index contributed by atoms with van der Waals surface area (Å²) in [5, 5.41) is 13.6. The van der Waals surface area contributed by atoms with Crippen LogP contribution in [0.2, 0.25) is 0 Å². The van der Waals surface area contributed by atoms with E-state index in [1.807, 2.05) is 0 Å². The monoisotopic (exact) mass is 380 g/mol. The minimum atomic E-state index is -3.81. The molecule has 0 aliphatic rings. The van der Waals surface area contributed by atoms with Crippen molar-refractivity contribution in [3.05, 3.63) is 28.3 Å². The highest BCUT2D eigenvalue weighted by Gasteiger charge is 2.21. The van der Waals surface area contributed by atoms with E-state index in [2.05, 4.69) is 28.8 Å². The molecule has 0 saturated heterocycles. The number of anilines is 1. The molecule has 0 atom stereocenters. The quantitative estimate of drug-likeness (QED) is 0.366. The molecule has 0 spiro atoms. The van der Waals surface area contributed by atoms with Crippen LogP contribution in [0.25, 0.3) is 0 Å². The van der Waals surface area contributed by atoms with Gasteiger partial charge in [0.15, 0.2) is 0 Å². The Bertz CT molecular complexity index is 636. The lowest BCUT2D eigenvalue weighted by Crippen LogP contribution is -2.30. The Labute approximate surface area is 149 Å². The highest BCUT2D eigenvalue weighted by Crippen LogP contribution is 2.25. The lowest BCUT2D eigenvalue weighted by Gasteiger charge is -2.18. The number of nitrogens with one attached hydrogen (secondary N) is 2. The van der Waals surface area contributed by atoms with E-state index in [1.54, 1.807) is 7.05 Å². The van der Waals surface area contributed by atoms with Crippen molar-refractivity contribution in [2.45, 2.75) is 25.2 Å². The van der Waals surface area contributed by atoms with Crippen molar-refractivity contribution in [3.8, 4) is 0 Å². The summed E-state index contributed by atoms with van der Waals surface area (Å²) in [6.45, 7) is 7.01. The molecule has 0 aliphatic carbocycles. The lowest BCUT2D eigenvalue weighted by molar-refractivity contribution is -0.385. The second-order valence-electron chi connectivity index (χ2n) is 4.97. The molecule has 10 heteroatoms. The Balaban J connectivity index is 0.00000529. The molecule has 1 rings (SSSR count). The first-order chi connectivity index (χ1) is 10.9. The number of hydrogen-bond donors (Lipinski definition) is 2. The first-order valence-electron chi connectivity index (χ1n) is 7.53. The van der Waals surface area contributed by atoms with Crippen LogP contribution >= 0.6 is 12.4 Å². The van der Waals surface area contributed by atoms with E-state index >= 15 is 0 Å². The number of non-ortho nitro benzene ring substituents is 1. The summed E-state index contributed by atoms with van der Waals surface area (Å²) in [7, 11) is -2.24. The minimum absolute atomic E-state index is 0. The average Bonchev–Trinajstić information content (AvgIpc) is 2.54. The molecular weight excluding hydrogens is 356 g/mol. The van der Waals surface area contributed by atoms with Gasteiger partial charge in [-0.2, -0.15) is 0 Å². The number of halogens is 1. The minimum Gasteiger partial charge on any atom is -0.387 e. The van der Waals surface area contributed by atoms with Gasteiger partial charge in [-0.1, -0.05) is 13.8 Å². The number of nitro groups is 1. The van der Waals surface area contributed by atoms with Crippen molar-refractivity contribution < 1.29 is 13.3 Å². The van der Waals surface area contributed by atoms with Crippen molar-refractivity contribution >= 4 is 33.8 Å². The van der Waals surface area contributed by atoms with Crippen LogP contribution in [0, 0.1) is 10.1 Å². The number of hydrogen-bond acceptors (Lipinski definition) is 6. The van der Waals surface area contributed by atoms with Gasteiger partial charge in [0.1, 0.15) is 4.90 Å². The third kappa shape index (κ3) is 6.23. The predicted molar refractivity (Wildman–Crippen MR) is 97.5 cm³/mol. The highest BCUT2D eigenvalue weighted by molar-refractivity contribution is 7.89. The molecule has 0 radical (unpaired) electrons. The van der Waals surface area contributed by atoms with Crippen LogP contribution < -0.4 is 10.0 Å². The number of nitro benzene ring substituents is 1. The Hall–Kier alpha value is -1.42. The first-order valence-corrected chi connectivity index (χ1v) is 9.02. The van der Waals surface area contributed by atoms with Crippen molar-refractivity contribution in [2.24, 2.45) is 0 Å². The third-order valence-corrected chi connectivity index (χ3v) is 5.07. The summed E-state index contributed by atoms with van der Waals surface area (Å²) in [4.78, 5) is 12.3. The molecule has 0 bridgehead atoms. The maximum atomic E-state index is 12.4. The van der Waals surface area contributed by atoms with Gasteiger partial charge >= 0.3 is 0 Å². The lowest BCUT2D eigenvalue weighted by atomic mass is 10.3. The molecule has 8 nitrogen and oxygen atoms in total. The van der Waals surface area contributed by atoms with Gasteiger partial charge in [0.25, 0.3) is 5.69 Å². The van der Waals surface area contributed by atoms with E-state index in [1.165, 1.54) is 12.1 Å². The van der Waals surface area contributed by atoms with E-state index in [9.17, 15) is 18.5 Å². The Morgan fingerprint density at radius 3 is 2.38 bits per heavy atom. The van der Waals surface area contributed by atoms with Crippen LogP contribution in [0.15, 0.2) is 23.1 Å².